The van der Waals surface area contributed by atoms with Crippen molar-refractivity contribution < 1.29 is 4.39 Å². The SMILES string of the molecule is Cn1ccn(Cc2ccc(C#CCN)cc2F)c(=O)c1=O. The van der Waals surface area contributed by atoms with Crippen LogP contribution in [-0.2, 0) is 13.6 Å². The van der Waals surface area contributed by atoms with Crippen molar-refractivity contribution in [1.29, 1.82) is 0 Å². The second kappa shape index (κ2) is 6.20. The molecule has 0 spiro atoms. The van der Waals surface area contributed by atoms with Gasteiger partial charge in [-0.2, -0.15) is 0 Å². The number of rotatable bonds is 2. The van der Waals surface area contributed by atoms with E-state index in [1.54, 1.807) is 12.1 Å². The number of hydrogen-bond acceptors (Lipinski definition) is 3. The molecule has 1 aromatic carbocycles. The van der Waals surface area contributed by atoms with Gasteiger partial charge in [-0.05, 0) is 12.1 Å². The summed E-state index contributed by atoms with van der Waals surface area (Å²) in [7, 11) is 1.49. The number of nitrogens with zero attached hydrogens (tertiary/aromatic N) is 2. The molecule has 0 fully saturated rings. The lowest BCUT2D eigenvalue weighted by molar-refractivity contribution is 0.591. The fourth-order valence-corrected chi connectivity index (χ4v) is 1.80. The summed E-state index contributed by atoms with van der Waals surface area (Å²) in [5.74, 6) is 4.88. The third-order valence-electron chi connectivity index (χ3n) is 2.96. The Labute approximate surface area is 120 Å². The highest BCUT2D eigenvalue weighted by Crippen LogP contribution is 2.10. The van der Waals surface area contributed by atoms with Gasteiger partial charge in [-0.25, -0.2) is 4.39 Å². The summed E-state index contributed by atoms with van der Waals surface area (Å²) < 4.78 is 16.3. The van der Waals surface area contributed by atoms with E-state index in [-0.39, 0.29) is 13.1 Å². The van der Waals surface area contributed by atoms with Gasteiger partial charge in [-0.15, -0.1) is 0 Å². The lowest BCUT2D eigenvalue weighted by Gasteiger charge is -2.07. The summed E-state index contributed by atoms with van der Waals surface area (Å²) in [4.78, 5) is 23.3. The van der Waals surface area contributed by atoms with Crippen LogP contribution in [0, 0.1) is 17.7 Å². The quantitative estimate of drug-likeness (QED) is 0.626. The maximum absolute atomic E-state index is 14.0. The molecule has 2 N–H and O–H groups in total. The van der Waals surface area contributed by atoms with Crippen molar-refractivity contribution in [3.05, 3.63) is 68.2 Å². The molecule has 2 aromatic rings. The van der Waals surface area contributed by atoms with Gasteiger partial charge in [0.25, 0.3) is 0 Å². The van der Waals surface area contributed by atoms with Crippen LogP contribution < -0.4 is 16.9 Å². The summed E-state index contributed by atoms with van der Waals surface area (Å²) in [5.41, 5.74) is 4.74. The van der Waals surface area contributed by atoms with Gasteiger partial charge in [0.05, 0.1) is 13.1 Å². The molecule has 0 aliphatic heterocycles. The Morgan fingerprint density at radius 3 is 2.67 bits per heavy atom. The first-order valence-corrected chi connectivity index (χ1v) is 6.26. The minimum Gasteiger partial charge on any atom is -0.320 e. The molecule has 2 rings (SSSR count). The topological polar surface area (TPSA) is 70.0 Å². The van der Waals surface area contributed by atoms with Crippen LogP contribution in [0.5, 0.6) is 0 Å². The third-order valence-corrected chi connectivity index (χ3v) is 2.96. The third kappa shape index (κ3) is 3.27. The predicted octanol–water partition coefficient (Wildman–Crippen LogP) is 0.0446. The largest absolute Gasteiger partial charge is 0.320 e. The van der Waals surface area contributed by atoms with E-state index in [9.17, 15) is 14.0 Å². The molecule has 0 atom stereocenters. The Morgan fingerprint density at radius 1 is 1.24 bits per heavy atom. The minimum absolute atomic E-state index is 0.00859. The molecule has 5 nitrogen and oxygen atoms in total. The smallest absolute Gasteiger partial charge is 0.316 e. The van der Waals surface area contributed by atoms with Crippen LogP contribution in [0.2, 0.25) is 0 Å². The number of aromatic nitrogens is 2. The Balaban J connectivity index is 2.35. The van der Waals surface area contributed by atoms with Crippen molar-refractivity contribution in [3.63, 3.8) is 0 Å². The normalized spacial score (nSPS) is 10.0. The monoisotopic (exact) mass is 287 g/mol. The van der Waals surface area contributed by atoms with Gasteiger partial charge in [0.15, 0.2) is 0 Å². The summed E-state index contributed by atoms with van der Waals surface area (Å²) in [6.07, 6.45) is 2.91. The molecule has 108 valence electrons. The first-order valence-electron chi connectivity index (χ1n) is 6.26. The zero-order chi connectivity index (χ0) is 15.4. The van der Waals surface area contributed by atoms with Crippen LogP contribution in [0.15, 0.2) is 40.2 Å². The van der Waals surface area contributed by atoms with E-state index >= 15 is 0 Å². The Bertz CT molecular complexity index is 840. The second-order valence-electron chi connectivity index (χ2n) is 4.46. The standard InChI is InChI=1S/C15H14FN3O2/c1-18-7-8-19(15(21)14(18)20)10-12-5-4-11(3-2-6-17)9-13(12)16/h4-5,7-9H,6,10,17H2,1H3. The number of halogens is 1. The van der Waals surface area contributed by atoms with E-state index < -0.39 is 16.9 Å². The molecule has 0 aliphatic carbocycles. The average molecular weight is 287 g/mol. The van der Waals surface area contributed by atoms with Gasteiger partial charge in [-0.1, -0.05) is 17.9 Å². The summed E-state index contributed by atoms with van der Waals surface area (Å²) in [6.45, 7) is 0.192. The highest BCUT2D eigenvalue weighted by molar-refractivity contribution is 5.37. The first-order chi connectivity index (χ1) is 10.0. The Morgan fingerprint density at radius 2 is 2.00 bits per heavy atom. The molecular formula is C15H14FN3O2. The molecular weight excluding hydrogens is 273 g/mol. The van der Waals surface area contributed by atoms with Crippen molar-refractivity contribution in [2.75, 3.05) is 6.54 Å². The van der Waals surface area contributed by atoms with Crippen LogP contribution in [-0.4, -0.2) is 15.7 Å². The highest BCUT2D eigenvalue weighted by atomic mass is 19.1. The molecule has 0 aliphatic rings. The number of nitrogens with two attached hydrogens (primary N) is 1. The van der Waals surface area contributed by atoms with E-state index in [1.807, 2.05) is 0 Å². The molecule has 0 unspecified atom stereocenters. The van der Waals surface area contributed by atoms with E-state index in [2.05, 4.69) is 11.8 Å². The number of benzene rings is 1. The zero-order valence-corrected chi connectivity index (χ0v) is 11.5. The lowest BCUT2D eigenvalue weighted by atomic mass is 10.1. The van der Waals surface area contributed by atoms with Gasteiger partial charge < -0.3 is 14.9 Å². The van der Waals surface area contributed by atoms with Crippen LogP contribution in [0.4, 0.5) is 4.39 Å². The van der Waals surface area contributed by atoms with Gasteiger partial charge in [0.2, 0.25) is 0 Å². The van der Waals surface area contributed by atoms with Gasteiger partial charge in [0, 0.05) is 30.6 Å². The van der Waals surface area contributed by atoms with Crippen molar-refractivity contribution in [1.82, 2.24) is 9.13 Å². The predicted molar refractivity (Wildman–Crippen MR) is 77.4 cm³/mol. The summed E-state index contributed by atoms with van der Waals surface area (Å²) >= 11 is 0. The minimum atomic E-state index is -0.689. The van der Waals surface area contributed by atoms with E-state index in [0.717, 1.165) is 0 Å². The van der Waals surface area contributed by atoms with Crippen LogP contribution in [0.1, 0.15) is 11.1 Å². The molecule has 0 amide bonds. The summed E-state index contributed by atoms with van der Waals surface area (Å²) in [6, 6.07) is 4.47. The molecule has 0 bridgehead atoms. The molecule has 0 saturated heterocycles. The molecule has 1 heterocycles. The maximum atomic E-state index is 14.0. The van der Waals surface area contributed by atoms with Gasteiger partial charge in [0.1, 0.15) is 5.82 Å². The van der Waals surface area contributed by atoms with Crippen molar-refractivity contribution in [2.24, 2.45) is 12.8 Å². The highest BCUT2D eigenvalue weighted by Gasteiger charge is 2.07. The lowest BCUT2D eigenvalue weighted by Crippen LogP contribution is -2.39. The van der Waals surface area contributed by atoms with Crippen LogP contribution in [0.25, 0.3) is 0 Å². The van der Waals surface area contributed by atoms with E-state index in [4.69, 9.17) is 5.73 Å². The fraction of sp³-hybridized carbons (Fsp3) is 0.200. The van der Waals surface area contributed by atoms with Crippen LogP contribution >= 0.6 is 0 Å². The maximum Gasteiger partial charge on any atom is 0.316 e. The van der Waals surface area contributed by atoms with E-state index in [1.165, 1.54) is 34.6 Å². The van der Waals surface area contributed by atoms with E-state index in [0.29, 0.717) is 11.1 Å². The zero-order valence-electron chi connectivity index (χ0n) is 11.5. The molecule has 0 saturated carbocycles. The molecule has 6 heteroatoms. The first kappa shape index (κ1) is 14.8. The van der Waals surface area contributed by atoms with Crippen molar-refractivity contribution in [3.8, 4) is 11.8 Å². The molecule has 1 aromatic heterocycles. The summed E-state index contributed by atoms with van der Waals surface area (Å²) in [5, 5.41) is 0. The molecule has 21 heavy (non-hydrogen) atoms. The molecule has 0 radical (unpaired) electrons. The van der Waals surface area contributed by atoms with Gasteiger partial charge >= 0.3 is 11.1 Å². The van der Waals surface area contributed by atoms with Gasteiger partial charge in [-0.3, -0.25) is 9.59 Å². The van der Waals surface area contributed by atoms with Crippen molar-refractivity contribution in [2.45, 2.75) is 6.54 Å². The fourth-order valence-electron chi connectivity index (χ4n) is 1.80. The Kier molecular flexibility index (Phi) is 4.36. The average Bonchev–Trinajstić information content (AvgIpc) is 2.47. The van der Waals surface area contributed by atoms with Crippen LogP contribution in [0.3, 0.4) is 0 Å². The second-order valence-corrected chi connectivity index (χ2v) is 4.46. The Hall–Kier alpha value is -2.65. The van der Waals surface area contributed by atoms with Crippen molar-refractivity contribution >= 4 is 0 Å². The number of aryl methyl sites for hydroxylation is 1. The number of hydrogen-bond donors (Lipinski definition) is 1.